The van der Waals surface area contributed by atoms with Gasteiger partial charge in [-0.1, -0.05) is 17.7 Å². The Hall–Kier alpha value is -4.20. The number of nitrogens with one attached hydrogen (secondary N) is 1. The van der Waals surface area contributed by atoms with Crippen molar-refractivity contribution in [2.75, 3.05) is 11.9 Å². The first-order valence-corrected chi connectivity index (χ1v) is 11.0. The van der Waals surface area contributed by atoms with Crippen LogP contribution in [0, 0.1) is 20.8 Å². The van der Waals surface area contributed by atoms with Crippen molar-refractivity contribution in [2.45, 2.75) is 34.2 Å². The Morgan fingerprint density at radius 1 is 1.00 bits per heavy atom. The Labute approximate surface area is 196 Å². The van der Waals surface area contributed by atoms with E-state index in [1.165, 1.54) is 10.6 Å². The summed E-state index contributed by atoms with van der Waals surface area (Å²) in [6, 6.07) is 15.8. The van der Waals surface area contributed by atoms with E-state index in [0.29, 0.717) is 16.9 Å². The number of benzene rings is 2. The van der Waals surface area contributed by atoms with Crippen LogP contribution in [0.2, 0.25) is 0 Å². The van der Waals surface area contributed by atoms with E-state index in [1.807, 2.05) is 45.0 Å². The summed E-state index contributed by atoms with van der Waals surface area (Å²) in [6.45, 7) is 7.60. The number of aryl methyl sites for hydroxylation is 3. The smallest absolute Gasteiger partial charge is 0.338 e. The van der Waals surface area contributed by atoms with Crippen molar-refractivity contribution in [3.8, 4) is 5.69 Å². The molecule has 1 amide bonds. The van der Waals surface area contributed by atoms with Gasteiger partial charge in [0.2, 0.25) is 5.91 Å². The molecule has 0 aliphatic carbocycles. The SMILES string of the molecule is CCOC(=O)c1ccc(NC(=O)Cn2c(=O)cc(C)c3c(C)nn(-c4ccc(C)cc4)c32)cc1. The Balaban J connectivity index is 1.68. The fraction of sp³-hybridized carbons (Fsp3) is 0.231. The zero-order chi connectivity index (χ0) is 24.4. The van der Waals surface area contributed by atoms with Gasteiger partial charge in [0.25, 0.3) is 5.56 Å². The summed E-state index contributed by atoms with van der Waals surface area (Å²) < 4.78 is 8.12. The first-order chi connectivity index (χ1) is 16.3. The summed E-state index contributed by atoms with van der Waals surface area (Å²) in [4.78, 5) is 37.7. The lowest BCUT2D eigenvalue weighted by molar-refractivity contribution is -0.116. The first-order valence-electron chi connectivity index (χ1n) is 11.0. The number of fused-ring (bicyclic) bond motifs is 1. The van der Waals surface area contributed by atoms with Gasteiger partial charge in [-0.15, -0.1) is 0 Å². The molecular weight excluding hydrogens is 432 g/mol. The molecule has 0 bridgehead atoms. The van der Waals surface area contributed by atoms with Crippen LogP contribution in [0.4, 0.5) is 5.69 Å². The number of nitrogens with zero attached hydrogens (tertiary/aromatic N) is 3. The van der Waals surface area contributed by atoms with Crippen molar-refractivity contribution in [1.29, 1.82) is 0 Å². The Morgan fingerprint density at radius 3 is 2.32 bits per heavy atom. The van der Waals surface area contributed by atoms with Crippen LogP contribution in [0.1, 0.15) is 34.1 Å². The maximum Gasteiger partial charge on any atom is 0.338 e. The van der Waals surface area contributed by atoms with Gasteiger partial charge in [-0.05, 0) is 69.7 Å². The minimum Gasteiger partial charge on any atom is -0.462 e. The molecule has 0 radical (unpaired) electrons. The predicted molar refractivity (Wildman–Crippen MR) is 131 cm³/mol. The quantitative estimate of drug-likeness (QED) is 0.442. The first kappa shape index (κ1) is 23.0. The molecule has 8 nitrogen and oxygen atoms in total. The highest BCUT2D eigenvalue weighted by molar-refractivity contribution is 5.94. The monoisotopic (exact) mass is 458 g/mol. The normalized spacial score (nSPS) is 10.9. The van der Waals surface area contributed by atoms with E-state index in [9.17, 15) is 14.4 Å². The van der Waals surface area contributed by atoms with Gasteiger partial charge in [-0.2, -0.15) is 5.10 Å². The molecule has 8 heteroatoms. The Kier molecular flexibility index (Phi) is 6.32. The average Bonchev–Trinajstić information content (AvgIpc) is 3.15. The third kappa shape index (κ3) is 4.47. The van der Waals surface area contributed by atoms with Gasteiger partial charge in [-0.3, -0.25) is 14.2 Å². The largest absolute Gasteiger partial charge is 0.462 e. The molecule has 0 saturated carbocycles. The predicted octanol–water partition coefficient (Wildman–Crippen LogP) is 3.93. The number of carbonyl (C=O) groups is 2. The number of amides is 1. The number of esters is 1. The lowest BCUT2D eigenvalue weighted by atomic mass is 10.1. The molecule has 2 aromatic carbocycles. The van der Waals surface area contributed by atoms with E-state index in [1.54, 1.807) is 35.9 Å². The molecule has 0 aliphatic heterocycles. The molecule has 0 fully saturated rings. The van der Waals surface area contributed by atoms with E-state index in [2.05, 4.69) is 10.4 Å². The molecule has 0 saturated heterocycles. The summed E-state index contributed by atoms with van der Waals surface area (Å²) in [5.41, 5.74) is 4.69. The minimum atomic E-state index is -0.422. The van der Waals surface area contributed by atoms with Gasteiger partial charge < -0.3 is 10.1 Å². The van der Waals surface area contributed by atoms with E-state index >= 15 is 0 Å². The third-order valence-corrected chi connectivity index (χ3v) is 5.55. The maximum atomic E-state index is 13.0. The van der Waals surface area contributed by atoms with Crippen LogP contribution in [0.15, 0.2) is 59.4 Å². The van der Waals surface area contributed by atoms with Crippen LogP contribution >= 0.6 is 0 Å². The van der Waals surface area contributed by atoms with Crippen LogP contribution in [-0.4, -0.2) is 32.8 Å². The number of rotatable bonds is 6. The molecule has 0 spiro atoms. The number of aromatic nitrogens is 3. The number of hydrogen-bond donors (Lipinski definition) is 1. The van der Waals surface area contributed by atoms with E-state index in [0.717, 1.165) is 27.9 Å². The van der Waals surface area contributed by atoms with Crippen LogP contribution in [0.25, 0.3) is 16.7 Å². The van der Waals surface area contributed by atoms with Crippen LogP contribution in [-0.2, 0) is 16.1 Å². The van der Waals surface area contributed by atoms with Gasteiger partial charge in [-0.25, -0.2) is 9.48 Å². The molecule has 0 aliphatic rings. The molecular formula is C26H26N4O4. The van der Waals surface area contributed by atoms with Gasteiger partial charge in [0, 0.05) is 17.1 Å². The van der Waals surface area contributed by atoms with Crippen LogP contribution < -0.4 is 10.9 Å². The topological polar surface area (TPSA) is 95.2 Å². The molecule has 2 aromatic heterocycles. The highest BCUT2D eigenvalue weighted by Crippen LogP contribution is 2.24. The summed E-state index contributed by atoms with van der Waals surface area (Å²) in [5, 5.41) is 8.29. The van der Waals surface area contributed by atoms with Crippen molar-refractivity contribution >= 4 is 28.6 Å². The number of carbonyl (C=O) groups excluding carboxylic acids is 2. The summed E-state index contributed by atoms with van der Waals surface area (Å²) in [6.07, 6.45) is 0. The fourth-order valence-corrected chi connectivity index (χ4v) is 3.93. The van der Waals surface area contributed by atoms with Crippen LogP contribution in [0.5, 0.6) is 0 Å². The lowest BCUT2D eigenvalue weighted by Gasteiger charge is -2.13. The molecule has 174 valence electrons. The minimum absolute atomic E-state index is 0.188. The zero-order valence-corrected chi connectivity index (χ0v) is 19.6. The van der Waals surface area contributed by atoms with Crippen LogP contribution in [0.3, 0.4) is 0 Å². The molecule has 0 atom stereocenters. The van der Waals surface area contributed by atoms with Gasteiger partial charge in [0.15, 0.2) is 0 Å². The number of pyridine rings is 1. The number of anilines is 1. The maximum absolute atomic E-state index is 13.0. The highest BCUT2D eigenvalue weighted by atomic mass is 16.5. The molecule has 1 N–H and O–H groups in total. The van der Waals surface area contributed by atoms with Crippen molar-refractivity contribution < 1.29 is 14.3 Å². The van der Waals surface area contributed by atoms with Gasteiger partial charge in [0.05, 0.1) is 23.6 Å². The van der Waals surface area contributed by atoms with Crippen molar-refractivity contribution in [1.82, 2.24) is 14.3 Å². The fourth-order valence-electron chi connectivity index (χ4n) is 3.93. The highest BCUT2D eigenvalue weighted by Gasteiger charge is 2.19. The molecule has 34 heavy (non-hydrogen) atoms. The second-order valence-corrected chi connectivity index (χ2v) is 8.13. The van der Waals surface area contributed by atoms with Crippen molar-refractivity contribution in [3.63, 3.8) is 0 Å². The second-order valence-electron chi connectivity index (χ2n) is 8.13. The Bertz CT molecular complexity index is 1430. The van der Waals surface area contributed by atoms with E-state index < -0.39 is 5.97 Å². The Morgan fingerprint density at radius 2 is 1.68 bits per heavy atom. The molecule has 4 rings (SSSR count). The van der Waals surface area contributed by atoms with Gasteiger partial charge in [0.1, 0.15) is 12.2 Å². The van der Waals surface area contributed by atoms with E-state index in [4.69, 9.17) is 4.74 Å². The van der Waals surface area contributed by atoms with E-state index in [-0.39, 0.29) is 24.6 Å². The number of ether oxygens (including phenoxy) is 1. The van der Waals surface area contributed by atoms with Crippen molar-refractivity contribution in [3.05, 3.63) is 87.3 Å². The summed E-state index contributed by atoms with van der Waals surface area (Å²) in [7, 11) is 0. The van der Waals surface area contributed by atoms with Gasteiger partial charge >= 0.3 is 5.97 Å². The number of hydrogen-bond acceptors (Lipinski definition) is 5. The average molecular weight is 459 g/mol. The zero-order valence-electron chi connectivity index (χ0n) is 19.6. The summed E-state index contributed by atoms with van der Waals surface area (Å²) in [5.74, 6) is -0.792. The molecule has 4 aromatic rings. The second kappa shape index (κ2) is 9.35. The molecule has 2 heterocycles. The lowest BCUT2D eigenvalue weighted by Crippen LogP contribution is -2.29. The summed E-state index contributed by atoms with van der Waals surface area (Å²) >= 11 is 0. The van der Waals surface area contributed by atoms with Crippen molar-refractivity contribution in [2.24, 2.45) is 0 Å². The third-order valence-electron chi connectivity index (χ3n) is 5.55. The standard InChI is InChI=1S/C26H26N4O4/c1-5-34-26(33)19-8-10-20(11-9-19)27-22(31)15-29-23(32)14-17(3)24-18(4)28-30(25(24)29)21-12-6-16(2)7-13-21/h6-14H,5,15H2,1-4H3,(H,27,31). The molecule has 0 unspecified atom stereocenters.